The topological polar surface area (TPSA) is 13.1 Å². The Kier molecular flexibility index (Phi) is 6.44. The molecule has 0 amide bonds. The van der Waals surface area contributed by atoms with Crippen LogP contribution in [0, 0.1) is 24.2 Å². The molecule has 6 rings (SSSR count). The number of aromatic nitrogens is 1. The van der Waals surface area contributed by atoms with E-state index in [9.17, 15) is 0 Å². The first-order valence-corrected chi connectivity index (χ1v) is 15.1. The van der Waals surface area contributed by atoms with Gasteiger partial charge in [0, 0.05) is 17.0 Å². The summed E-state index contributed by atoms with van der Waals surface area (Å²) in [7, 11) is 2.19. The predicted octanol–water partition coefficient (Wildman–Crippen LogP) is 10.0. The fourth-order valence-electron chi connectivity index (χ4n) is 6.90. The van der Waals surface area contributed by atoms with Crippen LogP contribution in [0.3, 0.4) is 0 Å². The van der Waals surface area contributed by atoms with Crippen LogP contribution >= 0.6 is 0 Å². The Morgan fingerprint density at radius 3 is 2.25 bits per heavy atom. The molecule has 0 saturated carbocycles. The molecule has 0 radical (unpaired) electrons. The van der Waals surface area contributed by atoms with Crippen molar-refractivity contribution >= 4 is 32.3 Å². The van der Waals surface area contributed by atoms with Crippen LogP contribution in [0.2, 0.25) is 0 Å². The van der Waals surface area contributed by atoms with Crippen LogP contribution < -0.4 is 9.30 Å². The van der Waals surface area contributed by atoms with Crippen LogP contribution in [0.4, 0.5) is 0 Å². The normalized spacial score (nSPS) is 13.1. The van der Waals surface area contributed by atoms with Gasteiger partial charge in [0.15, 0.2) is 6.20 Å². The molecule has 0 N–H and O–H groups in total. The van der Waals surface area contributed by atoms with E-state index in [1.54, 1.807) is 0 Å². The Morgan fingerprint density at radius 2 is 1.55 bits per heavy atom. The van der Waals surface area contributed by atoms with Gasteiger partial charge < -0.3 is 4.74 Å². The van der Waals surface area contributed by atoms with Crippen LogP contribution in [-0.2, 0) is 26.3 Å². The van der Waals surface area contributed by atoms with Crippen molar-refractivity contribution in [1.29, 1.82) is 0 Å². The summed E-state index contributed by atoms with van der Waals surface area (Å²) in [5.41, 5.74) is 8.11. The molecule has 0 aliphatic carbocycles. The highest BCUT2D eigenvalue weighted by atomic mass is 16.5. The van der Waals surface area contributed by atoms with E-state index in [0.29, 0.717) is 11.8 Å². The highest BCUT2D eigenvalue weighted by Gasteiger charge is 2.34. The Morgan fingerprint density at radius 1 is 0.800 bits per heavy atom. The zero-order valence-corrected chi connectivity index (χ0v) is 25.8. The minimum Gasteiger partial charge on any atom is -0.455 e. The van der Waals surface area contributed by atoms with Crippen molar-refractivity contribution in [2.45, 2.75) is 74.7 Å². The molecule has 0 atom stereocenters. The number of pyridine rings is 1. The first kappa shape index (κ1) is 26.8. The van der Waals surface area contributed by atoms with Gasteiger partial charge in [0.2, 0.25) is 5.69 Å². The van der Waals surface area contributed by atoms with Crippen molar-refractivity contribution in [3.63, 3.8) is 0 Å². The van der Waals surface area contributed by atoms with Crippen molar-refractivity contribution in [3.8, 4) is 22.8 Å². The lowest BCUT2D eigenvalue weighted by atomic mass is 9.81. The molecule has 0 spiro atoms. The number of benzene rings is 4. The number of hydrogen-bond acceptors (Lipinski definition) is 1. The maximum absolute atomic E-state index is 7.12. The lowest BCUT2D eigenvalue weighted by Gasteiger charge is -2.28. The minimum atomic E-state index is 0.123. The second kappa shape index (κ2) is 9.61. The van der Waals surface area contributed by atoms with E-state index in [-0.39, 0.29) is 5.41 Å². The number of aryl methyl sites for hydroxylation is 2. The molecule has 0 saturated heterocycles. The lowest BCUT2D eigenvalue weighted by molar-refractivity contribution is -0.659. The predicted molar refractivity (Wildman–Crippen MR) is 171 cm³/mol. The number of hydrogen-bond donors (Lipinski definition) is 0. The zero-order chi connectivity index (χ0) is 28.5. The van der Waals surface area contributed by atoms with Crippen molar-refractivity contribution in [1.82, 2.24) is 0 Å². The van der Waals surface area contributed by atoms with Crippen LogP contribution in [0.25, 0.3) is 43.6 Å². The summed E-state index contributed by atoms with van der Waals surface area (Å²) in [5, 5.41) is 7.84. The largest absolute Gasteiger partial charge is 0.455 e. The van der Waals surface area contributed by atoms with Crippen molar-refractivity contribution in [2.24, 2.45) is 24.3 Å². The summed E-state index contributed by atoms with van der Waals surface area (Å²) in [6.45, 7) is 18.5. The lowest BCUT2D eigenvalue weighted by Crippen LogP contribution is -2.32. The third kappa shape index (κ3) is 4.46. The van der Waals surface area contributed by atoms with E-state index in [1.807, 2.05) is 0 Å². The summed E-state index contributed by atoms with van der Waals surface area (Å²) >= 11 is 0. The molecule has 0 fully saturated rings. The average molecular weight is 531 g/mol. The highest BCUT2D eigenvalue weighted by molar-refractivity contribution is 6.16. The van der Waals surface area contributed by atoms with Crippen LogP contribution in [0.15, 0.2) is 54.7 Å². The van der Waals surface area contributed by atoms with Gasteiger partial charge in [-0.25, -0.2) is 4.57 Å². The van der Waals surface area contributed by atoms with Gasteiger partial charge >= 0.3 is 0 Å². The summed E-state index contributed by atoms with van der Waals surface area (Å²) in [6.07, 6.45) is 5.35. The molecule has 1 aliphatic heterocycles. The number of nitrogens with zero attached hydrogens (tertiary/aromatic N) is 1. The molecule has 40 heavy (non-hydrogen) atoms. The minimum absolute atomic E-state index is 0.123. The van der Waals surface area contributed by atoms with E-state index < -0.39 is 0 Å². The summed E-state index contributed by atoms with van der Waals surface area (Å²) < 4.78 is 9.43. The fourth-order valence-corrected chi connectivity index (χ4v) is 6.90. The standard InChI is InChI=1S/C38H44NO/c1-22(2)17-25-13-14-28-30(19-25)24(5)34-36-35-29(15-16-39(36)9)27-12-10-11-26(18-23(3)4)31(27)20-33(35)40-37(34)32(28)21-38(6,7)8/h10-16,19-20,22-23H,17-18,21H2,1-9H3/q+1. The molecule has 0 bridgehead atoms. The van der Waals surface area contributed by atoms with E-state index >= 15 is 0 Å². The van der Waals surface area contributed by atoms with Gasteiger partial charge in [-0.3, -0.25) is 0 Å². The SMILES string of the molecule is Cc1c2c(c(CC(C)(C)C)c3ccc(CC(C)C)cc13)Oc1cc3c(CC(C)C)cccc3c3cc[n+](C)c-2c13. The Bertz CT molecular complexity index is 1800. The molecule has 206 valence electrons. The molecule has 4 aromatic carbocycles. The van der Waals surface area contributed by atoms with Gasteiger partial charge in [0.05, 0.1) is 10.9 Å². The number of ether oxygens (including phenoxy) is 1. The van der Waals surface area contributed by atoms with Gasteiger partial charge in [-0.2, -0.15) is 0 Å². The molecule has 0 unspecified atom stereocenters. The molecular formula is C38H44NO+. The van der Waals surface area contributed by atoms with Crippen LogP contribution in [0.5, 0.6) is 11.5 Å². The van der Waals surface area contributed by atoms with Gasteiger partial charge in [-0.05, 0) is 87.7 Å². The number of rotatable bonds is 5. The van der Waals surface area contributed by atoms with Gasteiger partial charge in [-0.1, -0.05) is 84.9 Å². The summed E-state index contributed by atoms with van der Waals surface area (Å²) in [5.74, 6) is 3.26. The monoisotopic (exact) mass is 530 g/mol. The molecule has 5 aromatic rings. The Balaban J connectivity index is 1.74. The first-order chi connectivity index (χ1) is 18.9. The maximum atomic E-state index is 7.12. The van der Waals surface area contributed by atoms with Gasteiger partial charge in [0.1, 0.15) is 18.5 Å². The number of fused-ring (bicyclic) bond motifs is 5. The molecular weight excluding hydrogens is 486 g/mol. The Hall–Kier alpha value is -3.39. The van der Waals surface area contributed by atoms with Gasteiger partial charge in [0.25, 0.3) is 0 Å². The first-order valence-electron chi connectivity index (χ1n) is 15.1. The quantitative estimate of drug-likeness (QED) is 0.160. The van der Waals surface area contributed by atoms with E-state index in [0.717, 1.165) is 30.8 Å². The van der Waals surface area contributed by atoms with E-state index in [4.69, 9.17) is 4.74 Å². The molecule has 2 heterocycles. The third-order valence-electron chi connectivity index (χ3n) is 8.45. The summed E-state index contributed by atoms with van der Waals surface area (Å²) in [6, 6.07) is 18.6. The highest BCUT2D eigenvalue weighted by Crippen LogP contribution is 2.53. The van der Waals surface area contributed by atoms with Crippen molar-refractivity contribution in [3.05, 3.63) is 77.0 Å². The zero-order valence-electron chi connectivity index (χ0n) is 25.8. The Labute approximate surface area is 240 Å². The molecule has 1 aromatic heterocycles. The summed E-state index contributed by atoms with van der Waals surface area (Å²) in [4.78, 5) is 0. The van der Waals surface area contributed by atoms with Gasteiger partial charge in [-0.15, -0.1) is 0 Å². The second-order valence-corrected chi connectivity index (χ2v) is 14.2. The van der Waals surface area contributed by atoms with Crippen molar-refractivity contribution < 1.29 is 9.30 Å². The average Bonchev–Trinajstić information content (AvgIpc) is 2.87. The second-order valence-electron chi connectivity index (χ2n) is 14.2. The molecule has 2 nitrogen and oxygen atoms in total. The fraction of sp³-hybridized carbons (Fsp3) is 0.395. The van der Waals surface area contributed by atoms with Crippen LogP contribution in [-0.4, -0.2) is 0 Å². The third-order valence-corrected chi connectivity index (χ3v) is 8.45. The van der Waals surface area contributed by atoms with E-state index in [1.165, 1.54) is 65.8 Å². The molecule has 2 heteroatoms. The smallest absolute Gasteiger partial charge is 0.228 e. The maximum Gasteiger partial charge on any atom is 0.228 e. The van der Waals surface area contributed by atoms with Crippen molar-refractivity contribution in [2.75, 3.05) is 0 Å². The van der Waals surface area contributed by atoms with Crippen LogP contribution in [0.1, 0.15) is 70.7 Å². The molecule has 1 aliphatic rings. The van der Waals surface area contributed by atoms with E-state index in [2.05, 4.69) is 122 Å².